The number of nitrogens with one attached hydrogen (secondary N) is 1. The van der Waals surface area contributed by atoms with E-state index in [1.807, 2.05) is 30.5 Å². The molecule has 0 saturated carbocycles. The Kier molecular flexibility index (Phi) is 7.69. The number of ether oxygens (including phenoxy) is 1. The molecule has 1 amide bonds. The van der Waals surface area contributed by atoms with Crippen LogP contribution in [-0.4, -0.2) is 50.1 Å². The first-order valence-electron chi connectivity index (χ1n) is 9.52. The van der Waals surface area contributed by atoms with Crippen LogP contribution >= 0.6 is 11.8 Å². The molecule has 1 N–H and O–H groups in total. The summed E-state index contributed by atoms with van der Waals surface area (Å²) in [4.78, 5) is 17.6. The first kappa shape index (κ1) is 22.8. The number of amides is 1. The topological polar surface area (TPSA) is 111 Å². The third kappa shape index (κ3) is 6.31. The Morgan fingerprint density at radius 2 is 1.81 bits per heavy atom. The van der Waals surface area contributed by atoms with E-state index < -0.39 is 15.7 Å². The van der Waals surface area contributed by atoms with Gasteiger partial charge in [-0.3, -0.25) is 4.79 Å². The fourth-order valence-electron chi connectivity index (χ4n) is 2.76. The minimum atomic E-state index is -3.52. The van der Waals surface area contributed by atoms with Gasteiger partial charge in [-0.1, -0.05) is 17.3 Å². The zero-order valence-corrected chi connectivity index (χ0v) is 18.8. The van der Waals surface area contributed by atoms with Crippen LogP contribution < -0.4 is 10.1 Å². The highest BCUT2D eigenvalue weighted by Gasteiger charge is 2.19. The number of aryl methyl sites for hydroxylation is 1. The SMILES string of the molecule is COc1ccc(S(=O)(=O)CCc2noc(C(=O)NCCc3ccc(SC)cc3)n2)cc1. The van der Waals surface area contributed by atoms with Crippen LogP contribution in [0.15, 0.2) is 62.8 Å². The molecule has 8 nitrogen and oxygen atoms in total. The molecule has 1 heterocycles. The Labute approximate surface area is 185 Å². The summed E-state index contributed by atoms with van der Waals surface area (Å²) in [6.07, 6.45) is 2.72. The smallest absolute Gasteiger partial charge is 0.315 e. The third-order valence-corrected chi connectivity index (χ3v) is 7.01. The second kappa shape index (κ2) is 10.5. The van der Waals surface area contributed by atoms with Crippen LogP contribution in [0.4, 0.5) is 0 Å². The van der Waals surface area contributed by atoms with Gasteiger partial charge in [-0.15, -0.1) is 11.8 Å². The Morgan fingerprint density at radius 1 is 1.10 bits per heavy atom. The number of nitrogens with zero attached hydrogens (tertiary/aromatic N) is 2. The molecule has 0 atom stereocenters. The number of thioether (sulfide) groups is 1. The lowest BCUT2D eigenvalue weighted by atomic mass is 10.1. The van der Waals surface area contributed by atoms with E-state index in [-0.39, 0.29) is 28.8 Å². The molecule has 31 heavy (non-hydrogen) atoms. The van der Waals surface area contributed by atoms with Crippen molar-refractivity contribution in [1.82, 2.24) is 15.5 Å². The van der Waals surface area contributed by atoms with E-state index in [9.17, 15) is 13.2 Å². The molecule has 0 spiro atoms. The highest BCUT2D eigenvalue weighted by atomic mass is 32.2. The minimum Gasteiger partial charge on any atom is -0.497 e. The summed E-state index contributed by atoms with van der Waals surface area (Å²) < 4.78 is 34.9. The predicted molar refractivity (Wildman–Crippen MR) is 117 cm³/mol. The molecule has 0 bridgehead atoms. The maximum absolute atomic E-state index is 12.5. The number of hydrogen-bond acceptors (Lipinski definition) is 8. The number of hydrogen-bond donors (Lipinski definition) is 1. The molecule has 0 radical (unpaired) electrons. The van der Waals surface area contributed by atoms with Crippen molar-refractivity contribution in [1.29, 1.82) is 0 Å². The Morgan fingerprint density at radius 3 is 2.45 bits per heavy atom. The zero-order valence-electron chi connectivity index (χ0n) is 17.2. The van der Waals surface area contributed by atoms with Gasteiger partial charge in [-0.25, -0.2) is 8.42 Å². The summed E-state index contributed by atoms with van der Waals surface area (Å²) in [6.45, 7) is 0.418. The van der Waals surface area contributed by atoms with Gasteiger partial charge >= 0.3 is 11.8 Å². The van der Waals surface area contributed by atoms with Crippen molar-refractivity contribution in [2.75, 3.05) is 25.7 Å². The van der Waals surface area contributed by atoms with Crippen LogP contribution in [0.1, 0.15) is 22.1 Å². The summed E-state index contributed by atoms with van der Waals surface area (Å²) in [7, 11) is -2.01. The van der Waals surface area contributed by atoms with Crippen LogP contribution in [0.3, 0.4) is 0 Å². The van der Waals surface area contributed by atoms with Gasteiger partial charge in [0.15, 0.2) is 15.7 Å². The largest absolute Gasteiger partial charge is 0.497 e. The maximum Gasteiger partial charge on any atom is 0.315 e. The molecular formula is C21H23N3O5S2. The van der Waals surface area contributed by atoms with Gasteiger partial charge in [0.2, 0.25) is 0 Å². The van der Waals surface area contributed by atoms with Crippen LogP contribution in [0.5, 0.6) is 5.75 Å². The third-order valence-electron chi connectivity index (χ3n) is 4.53. The Hall–Kier alpha value is -2.85. The number of rotatable bonds is 10. The van der Waals surface area contributed by atoms with Crippen molar-refractivity contribution < 1.29 is 22.5 Å². The van der Waals surface area contributed by atoms with E-state index in [0.717, 1.165) is 5.56 Å². The first-order valence-corrected chi connectivity index (χ1v) is 12.4. The van der Waals surface area contributed by atoms with Crippen molar-refractivity contribution in [2.45, 2.75) is 22.6 Å². The molecule has 3 rings (SSSR count). The van der Waals surface area contributed by atoms with Gasteiger partial charge in [-0.05, 0) is 54.6 Å². The van der Waals surface area contributed by atoms with Gasteiger partial charge in [0.25, 0.3) is 0 Å². The molecule has 0 aliphatic heterocycles. The van der Waals surface area contributed by atoms with Crippen LogP contribution in [0, 0.1) is 0 Å². The zero-order chi connectivity index (χ0) is 22.3. The van der Waals surface area contributed by atoms with Crippen molar-refractivity contribution in [3.8, 4) is 5.75 Å². The minimum absolute atomic E-state index is 0.0347. The van der Waals surface area contributed by atoms with Crippen molar-refractivity contribution in [3.63, 3.8) is 0 Å². The highest BCUT2D eigenvalue weighted by Crippen LogP contribution is 2.17. The van der Waals surface area contributed by atoms with Crippen LogP contribution in [-0.2, 0) is 22.7 Å². The molecule has 164 valence electrons. The van der Waals surface area contributed by atoms with E-state index >= 15 is 0 Å². The van der Waals surface area contributed by atoms with Crippen molar-refractivity contribution in [3.05, 3.63) is 65.8 Å². The number of methoxy groups -OCH3 is 1. The average Bonchev–Trinajstić information content (AvgIpc) is 3.27. The molecule has 1 aromatic heterocycles. The Bertz CT molecular complexity index is 1110. The van der Waals surface area contributed by atoms with E-state index in [4.69, 9.17) is 9.26 Å². The Balaban J connectivity index is 1.49. The van der Waals surface area contributed by atoms with Gasteiger partial charge in [-0.2, -0.15) is 4.98 Å². The fourth-order valence-corrected chi connectivity index (χ4v) is 4.41. The average molecular weight is 462 g/mol. The second-order valence-electron chi connectivity index (χ2n) is 6.61. The van der Waals surface area contributed by atoms with E-state index in [2.05, 4.69) is 15.5 Å². The first-order chi connectivity index (χ1) is 14.9. The molecule has 0 fully saturated rings. The lowest BCUT2D eigenvalue weighted by Gasteiger charge is -2.04. The van der Waals surface area contributed by atoms with E-state index in [1.165, 1.54) is 24.1 Å². The molecule has 0 aliphatic rings. The summed E-state index contributed by atoms with van der Waals surface area (Å²) in [5.74, 6) is -0.141. The van der Waals surface area contributed by atoms with Crippen molar-refractivity contribution in [2.24, 2.45) is 0 Å². The van der Waals surface area contributed by atoms with Gasteiger partial charge in [0.1, 0.15) is 5.75 Å². The number of carbonyl (C=O) groups is 1. The summed E-state index contributed by atoms with van der Waals surface area (Å²) >= 11 is 1.67. The second-order valence-corrected chi connectivity index (χ2v) is 9.60. The summed E-state index contributed by atoms with van der Waals surface area (Å²) in [6, 6.07) is 14.2. The molecule has 10 heteroatoms. The quantitative estimate of drug-likeness (QED) is 0.459. The lowest BCUT2D eigenvalue weighted by Crippen LogP contribution is -2.26. The number of sulfone groups is 1. The van der Waals surface area contributed by atoms with E-state index in [0.29, 0.717) is 18.7 Å². The maximum atomic E-state index is 12.5. The van der Waals surface area contributed by atoms with Gasteiger partial charge in [0, 0.05) is 17.9 Å². The molecule has 0 unspecified atom stereocenters. The van der Waals surface area contributed by atoms with Gasteiger partial charge < -0.3 is 14.6 Å². The summed E-state index contributed by atoms with van der Waals surface area (Å²) in [5, 5.41) is 6.44. The standard InChI is InChI=1S/C21H23N3O5S2/c1-28-16-5-9-18(10-6-16)31(26,27)14-12-19-23-21(29-24-19)20(25)22-13-11-15-3-7-17(30-2)8-4-15/h3-10H,11-14H2,1-2H3,(H,22,25). The van der Waals surface area contributed by atoms with Gasteiger partial charge in [0.05, 0.1) is 17.8 Å². The normalized spacial score (nSPS) is 11.3. The molecule has 0 saturated heterocycles. The van der Waals surface area contributed by atoms with Crippen LogP contribution in [0.2, 0.25) is 0 Å². The van der Waals surface area contributed by atoms with Crippen LogP contribution in [0.25, 0.3) is 0 Å². The molecule has 0 aliphatic carbocycles. The predicted octanol–water partition coefficient (Wildman–Crippen LogP) is 2.79. The van der Waals surface area contributed by atoms with E-state index in [1.54, 1.807) is 23.9 Å². The number of benzene rings is 2. The number of carbonyl (C=O) groups excluding carboxylic acids is 1. The monoisotopic (exact) mass is 461 g/mol. The molecular weight excluding hydrogens is 438 g/mol. The summed E-state index contributed by atoms with van der Waals surface area (Å²) in [5.41, 5.74) is 1.10. The number of aromatic nitrogens is 2. The molecule has 2 aromatic carbocycles. The molecule has 3 aromatic rings. The van der Waals surface area contributed by atoms with Crippen molar-refractivity contribution >= 4 is 27.5 Å². The highest BCUT2D eigenvalue weighted by molar-refractivity contribution is 7.98. The lowest BCUT2D eigenvalue weighted by molar-refractivity contribution is 0.0910. The fraction of sp³-hybridized carbons (Fsp3) is 0.286.